The number of hydrogen-bond acceptors (Lipinski definition) is 5. The molecule has 0 radical (unpaired) electrons. The molecule has 0 aliphatic carbocycles. The van der Waals surface area contributed by atoms with Crippen molar-refractivity contribution >= 4 is 15.9 Å². The molecule has 8 heteroatoms. The zero-order valence-electron chi connectivity index (χ0n) is 13.3. The number of sulfonamides is 1. The van der Waals surface area contributed by atoms with E-state index >= 15 is 0 Å². The van der Waals surface area contributed by atoms with Crippen LogP contribution in [0.3, 0.4) is 0 Å². The van der Waals surface area contributed by atoms with Gasteiger partial charge in [0.05, 0.1) is 11.7 Å². The minimum atomic E-state index is -3.35. The van der Waals surface area contributed by atoms with Gasteiger partial charge in [-0.15, -0.1) is 0 Å². The third-order valence-electron chi connectivity index (χ3n) is 3.46. The largest absolute Gasteiger partial charge is 0.356 e. The molecule has 0 aromatic carbocycles. The first kappa shape index (κ1) is 18.3. The van der Waals surface area contributed by atoms with Crippen molar-refractivity contribution in [1.82, 2.24) is 19.8 Å². The average Bonchev–Trinajstić information content (AvgIpc) is 2.43. The van der Waals surface area contributed by atoms with Gasteiger partial charge in [0, 0.05) is 32.7 Å². The fourth-order valence-electron chi connectivity index (χ4n) is 2.20. The third-order valence-corrected chi connectivity index (χ3v) is 5.53. The van der Waals surface area contributed by atoms with Crippen LogP contribution in [0.15, 0.2) is 0 Å². The molecule has 1 amide bonds. The highest BCUT2D eigenvalue weighted by atomic mass is 32.2. The fraction of sp³-hybridized carbons (Fsp3) is 0.923. The molecule has 0 aromatic heterocycles. The van der Waals surface area contributed by atoms with Crippen LogP contribution in [0.4, 0.5) is 0 Å². The summed E-state index contributed by atoms with van der Waals surface area (Å²) in [6, 6.07) is 0. The molecule has 124 valence electrons. The minimum Gasteiger partial charge on any atom is -0.356 e. The number of nitrogens with zero attached hydrogens (tertiary/aromatic N) is 2. The van der Waals surface area contributed by atoms with E-state index in [2.05, 4.69) is 10.6 Å². The fourth-order valence-corrected chi connectivity index (χ4v) is 3.93. The number of piperazine rings is 1. The molecule has 1 atom stereocenters. The third kappa shape index (κ3) is 6.73. The Balaban J connectivity index is 2.36. The zero-order valence-corrected chi connectivity index (χ0v) is 14.1. The predicted octanol–water partition coefficient (Wildman–Crippen LogP) is -1.07. The van der Waals surface area contributed by atoms with E-state index in [-0.39, 0.29) is 11.7 Å². The second kappa shape index (κ2) is 8.67. The monoisotopic (exact) mass is 320 g/mol. The summed E-state index contributed by atoms with van der Waals surface area (Å²) in [5.74, 6) is -0.830. The van der Waals surface area contributed by atoms with Crippen molar-refractivity contribution in [2.24, 2.45) is 5.92 Å². The Labute approximate surface area is 128 Å². The van der Waals surface area contributed by atoms with Crippen molar-refractivity contribution in [1.29, 1.82) is 0 Å². The van der Waals surface area contributed by atoms with Gasteiger partial charge in [-0.05, 0) is 27.1 Å². The van der Waals surface area contributed by atoms with Crippen molar-refractivity contribution < 1.29 is 13.2 Å². The van der Waals surface area contributed by atoms with Gasteiger partial charge in [-0.25, -0.2) is 8.42 Å². The van der Waals surface area contributed by atoms with Gasteiger partial charge >= 0.3 is 0 Å². The van der Waals surface area contributed by atoms with Gasteiger partial charge in [0.25, 0.3) is 0 Å². The van der Waals surface area contributed by atoms with Crippen LogP contribution in [0.1, 0.15) is 13.3 Å². The molecule has 0 bridgehead atoms. The molecular weight excluding hydrogens is 292 g/mol. The van der Waals surface area contributed by atoms with Crippen LogP contribution in [0.5, 0.6) is 0 Å². The first-order chi connectivity index (χ1) is 9.83. The van der Waals surface area contributed by atoms with Gasteiger partial charge in [0.2, 0.25) is 15.9 Å². The topological polar surface area (TPSA) is 81.8 Å². The smallest absolute Gasteiger partial charge is 0.223 e. The normalized spacial score (nSPS) is 18.7. The van der Waals surface area contributed by atoms with Crippen LogP contribution < -0.4 is 10.6 Å². The number of amides is 1. The molecular formula is C13H28N4O3S. The van der Waals surface area contributed by atoms with Crippen LogP contribution in [0.25, 0.3) is 0 Å². The maximum Gasteiger partial charge on any atom is 0.223 e. The molecule has 1 aliphatic heterocycles. The quantitative estimate of drug-likeness (QED) is 0.556. The Kier molecular flexibility index (Phi) is 7.58. The lowest BCUT2D eigenvalue weighted by Crippen LogP contribution is -2.48. The van der Waals surface area contributed by atoms with Crippen LogP contribution >= 0.6 is 0 Å². The molecule has 2 N–H and O–H groups in total. The Morgan fingerprint density at radius 3 is 2.52 bits per heavy atom. The maximum atomic E-state index is 12.2. The second-order valence-electron chi connectivity index (χ2n) is 5.78. The van der Waals surface area contributed by atoms with Crippen molar-refractivity contribution in [2.75, 3.05) is 59.1 Å². The van der Waals surface area contributed by atoms with Gasteiger partial charge < -0.3 is 15.5 Å². The highest BCUT2D eigenvalue weighted by Crippen LogP contribution is 2.09. The van der Waals surface area contributed by atoms with E-state index in [1.165, 1.54) is 4.31 Å². The van der Waals surface area contributed by atoms with Crippen LogP contribution in [-0.2, 0) is 14.8 Å². The zero-order chi connectivity index (χ0) is 15.9. The molecule has 0 spiro atoms. The summed E-state index contributed by atoms with van der Waals surface area (Å²) in [7, 11) is 0.606. The van der Waals surface area contributed by atoms with Crippen molar-refractivity contribution in [2.45, 2.75) is 13.3 Å². The lowest BCUT2D eigenvalue weighted by Gasteiger charge is -2.27. The summed E-state index contributed by atoms with van der Waals surface area (Å²) in [6.07, 6.45) is 0.857. The van der Waals surface area contributed by atoms with Crippen LogP contribution in [-0.4, -0.2) is 82.6 Å². The van der Waals surface area contributed by atoms with E-state index in [1.807, 2.05) is 19.0 Å². The first-order valence-corrected chi connectivity index (χ1v) is 9.05. The van der Waals surface area contributed by atoms with Crippen molar-refractivity contribution in [3.05, 3.63) is 0 Å². The highest BCUT2D eigenvalue weighted by molar-refractivity contribution is 7.89. The van der Waals surface area contributed by atoms with Gasteiger partial charge in [0.15, 0.2) is 0 Å². The minimum absolute atomic E-state index is 0.119. The number of carbonyl (C=O) groups is 1. The van der Waals surface area contributed by atoms with Crippen molar-refractivity contribution in [3.8, 4) is 0 Å². The van der Waals surface area contributed by atoms with E-state index in [9.17, 15) is 13.2 Å². The van der Waals surface area contributed by atoms with E-state index < -0.39 is 15.9 Å². The summed E-state index contributed by atoms with van der Waals surface area (Å²) in [4.78, 5) is 14.0. The maximum absolute atomic E-state index is 12.2. The lowest BCUT2D eigenvalue weighted by atomic mass is 10.2. The summed E-state index contributed by atoms with van der Waals surface area (Å²) in [6.45, 7) is 5.46. The number of rotatable bonds is 8. The van der Waals surface area contributed by atoms with Gasteiger partial charge in [0.1, 0.15) is 0 Å². The van der Waals surface area contributed by atoms with E-state index in [0.29, 0.717) is 32.7 Å². The molecule has 7 nitrogen and oxygen atoms in total. The van der Waals surface area contributed by atoms with Crippen molar-refractivity contribution in [3.63, 3.8) is 0 Å². The summed E-state index contributed by atoms with van der Waals surface area (Å²) in [5, 5.41) is 5.92. The van der Waals surface area contributed by atoms with E-state index in [0.717, 1.165) is 13.0 Å². The molecule has 0 aromatic rings. The Morgan fingerprint density at radius 2 is 1.95 bits per heavy atom. The summed E-state index contributed by atoms with van der Waals surface area (Å²) in [5.41, 5.74) is 0. The van der Waals surface area contributed by atoms with E-state index in [4.69, 9.17) is 0 Å². The van der Waals surface area contributed by atoms with Gasteiger partial charge in [-0.2, -0.15) is 4.31 Å². The number of carbonyl (C=O) groups excluding carboxylic acids is 1. The summed E-state index contributed by atoms with van der Waals surface area (Å²) >= 11 is 0. The van der Waals surface area contributed by atoms with Gasteiger partial charge in [-0.3, -0.25) is 4.79 Å². The van der Waals surface area contributed by atoms with Gasteiger partial charge in [-0.1, -0.05) is 6.92 Å². The lowest BCUT2D eigenvalue weighted by molar-refractivity contribution is -0.123. The molecule has 1 heterocycles. The molecule has 1 aliphatic rings. The Hall–Kier alpha value is -0.700. The van der Waals surface area contributed by atoms with Crippen LogP contribution in [0.2, 0.25) is 0 Å². The molecule has 1 saturated heterocycles. The Morgan fingerprint density at radius 1 is 1.33 bits per heavy atom. The number of hydrogen-bond donors (Lipinski definition) is 2. The van der Waals surface area contributed by atoms with Crippen LogP contribution in [0, 0.1) is 5.92 Å². The molecule has 1 fully saturated rings. The number of nitrogens with one attached hydrogen (secondary N) is 2. The molecule has 1 rings (SSSR count). The second-order valence-corrected chi connectivity index (χ2v) is 7.79. The highest BCUT2D eigenvalue weighted by Gasteiger charge is 2.28. The standard InChI is InChI=1S/C13H28N4O3S/c1-12(13(18)15-5-4-8-16(2)3)11-21(19,20)17-9-6-14-7-10-17/h12,14H,4-11H2,1-3H3,(H,15,18). The SMILES string of the molecule is CC(CS(=O)(=O)N1CCNCC1)C(=O)NCCCN(C)C. The van der Waals surface area contributed by atoms with E-state index in [1.54, 1.807) is 6.92 Å². The predicted molar refractivity (Wildman–Crippen MR) is 83.6 cm³/mol. The summed E-state index contributed by atoms with van der Waals surface area (Å²) < 4.78 is 25.9. The average molecular weight is 320 g/mol. The molecule has 21 heavy (non-hydrogen) atoms. The first-order valence-electron chi connectivity index (χ1n) is 7.44. The Bertz CT molecular complexity index is 419. The molecule has 0 saturated carbocycles. The molecule has 1 unspecified atom stereocenters.